The van der Waals surface area contributed by atoms with E-state index in [2.05, 4.69) is 25.8 Å². The van der Waals surface area contributed by atoms with E-state index < -0.39 is 5.97 Å². The summed E-state index contributed by atoms with van der Waals surface area (Å²) in [6, 6.07) is 6.04. The van der Waals surface area contributed by atoms with Crippen LogP contribution in [0, 0.1) is 0 Å². The molecule has 0 saturated heterocycles. The monoisotopic (exact) mass is 289 g/mol. The summed E-state index contributed by atoms with van der Waals surface area (Å²) < 4.78 is 0. The van der Waals surface area contributed by atoms with Crippen molar-refractivity contribution in [2.75, 3.05) is 6.54 Å². The lowest BCUT2D eigenvalue weighted by Crippen LogP contribution is -2.36. The highest BCUT2D eigenvalue weighted by Crippen LogP contribution is 2.04. The molecule has 1 heterocycles. The number of amides is 2. The molecule has 0 aliphatic rings. The first-order chi connectivity index (χ1) is 10.1. The predicted octanol–water partition coefficient (Wildman–Crippen LogP) is 0.545. The van der Waals surface area contributed by atoms with Gasteiger partial charge in [-0.1, -0.05) is 12.1 Å². The van der Waals surface area contributed by atoms with Gasteiger partial charge in [-0.3, -0.25) is 5.10 Å². The number of carboxylic acid groups (broad SMARTS) is 1. The summed E-state index contributed by atoms with van der Waals surface area (Å²) in [6.45, 7) is 0.771. The van der Waals surface area contributed by atoms with E-state index in [0.29, 0.717) is 25.3 Å². The second-order valence-electron chi connectivity index (χ2n) is 4.29. The van der Waals surface area contributed by atoms with E-state index in [4.69, 9.17) is 5.11 Å². The van der Waals surface area contributed by atoms with Crippen molar-refractivity contribution in [3.8, 4) is 0 Å². The Balaban J connectivity index is 1.69. The Labute approximate surface area is 120 Å². The highest BCUT2D eigenvalue weighted by Gasteiger charge is 2.04. The van der Waals surface area contributed by atoms with Crippen LogP contribution in [-0.2, 0) is 13.0 Å². The lowest BCUT2D eigenvalue weighted by Gasteiger charge is -2.07. The van der Waals surface area contributed by atoms with Crippen LogP contribution in [0.1, 0.15) is 21.7 Å². The first kappa shape index (κ1) is 14.5. The van der Waals surface area contributed by atoms with Gasteiger partial charge >= 0.3 is 12.0 Å². The van der Waals surface area contributed by atoms with Crippen molar-refractivity contribution in [3.63, 3.8) is 0 Å². The summed E-state index contributed by atoms with van der Waals surface area (Å²) in [5, 5.41) is 20.6. The molecule has 4 N–H and O–H groups in total. The summed E-state index contributed by atoms with van der Waals surface area (Å²) in [4.78, 5) is 26.2. The van der Waals surface area contributed by atoms with E-state index in [-0.39, 0.29) is 11.6 Å². The third kappa shape index (κ3) is 4.60. The lowest BCUT2D eigenvalue weighted by molar-refractivity contribution is 0.0697. The number of hydrogen-bond acceptors (Lipinski definition) is 4. The van der Waals surface area contributed by atoms with Crippen LogP contribution in [0.3, 0.4) is 0 Å². The van der Waals surface area contributed by atoms with Crippen molar-refractivity contribution in [2.45, 2.75) is 13.0 Å². The minimum absolute atomic E-state index is 0.218. The van der Waals surface area contributed by atoms with Crippen molar-refractivity contribution in [1.82, 2.24) is 25.8 Å². The van der Waals surface area contributed by atoms with E-state index in [1.807, 2.05) is 0 Å². The number of aromatic nitrogens is 3. The number of nitrogens with one attached hydrogen (secondary N) is 3. The van der Waals surface area contributed by atoms with Gasteiger partial charge in [-0.25, -0.2) is 14.6 Å². The van der Waals surface area contributed by atoms with Crippen LogP contribution in [0.2, 0.25) is 0 Å². The number of carbonyl (C=O) groups excluding carboxylic acids is 1. The van der Waals surface area contributed by atoms with Gasteiger partial charge in [-0.05, 0) is 17.7 Å². The number of nitrogens with zero attached hydrogens (tertiary/aromatic N) is 2. The molecule has 2 amide bonds. The molecule has 0 spiro atoms. The fourth-order valence-corrected chi connectivity index (χ4v) is 1.66. The van der Waals surface area contributed by atoms with Crippen molar-refractivity contribution in [2.24, 2.45) is 0 Å². The van der Waals surface area contributed by atoms with Crippen LogP contribution < -0.4 is 10.6 Å². The highest BCUT2D eigenvalue weighted by molar-refractivity contribution is 5.87. The first-order valence-electron chi connectivity index (χ1n) is 6.33. The molecule has 1 aromatic carbocycles. The molecule has 0 unspecified atom stereocenters. The quantitative estimate of drug-likeness (QED) is 0.619. The molecule has 0 saturated carbocycles. The van der Waals surface area contributed by atoms with E-state index in [1.165, 1.54) is 18.5 Å². The predicted molar refractivity (Wildman–Crippen MR) is 73.7 cm³/mol. The molecule has 8 heteroatoms. The summed E-state index contributed by atoms with van der Waals surface area (Å²) in [5.41, 5.74) is 1.04. The number of carbonyl (C=O) groups is 2. The van der Waals surface area contributed by atoms with Crippen LogP contribution in [0.4, 0.5) is 4.79 Å². The van der Waals surface area contributed by atoms with Gasteiger partial charge in [0.25, 0.3) is 0 Å². The Hall–Kier alpha value is -2.90. The number of benzene rings is 1. The molecular formula is C13H15N5O3. The fraction of sp³-hybridized carbons (Fsp3) is 0.231. The largest absolute Gasteiger partial charge is 0.478 e. The topological polar surface area (TPSA) is 120 Å². The Kier molecular flexibility index (Phi) is 4.86. The van der Waals surface area contributed by atoms with Gasteiger partial charge in [0.2, 0.25) is 0 Å². The maximum atomic E-state index is 11.6. The van der Waals surface area contributed by atoms with Crippen LogP contribution in [-0.4, -0.2) is 38.8 Å². The van der Waals surface area contributed by atoms with Gasteiger partial charge in [0.05, 0.1) is 5.56 Å². The van der Waals surface area contributed by atoms with E-state index in [0.717, 1.165) is 5.56 Å². The SMILES string of the molecule is O=C(NCCc1ncn[nH]1)NCc1ccc(C(=O)O)cc1. The summed E-state index contributed by atoms with van der Waals surface area (Å²) in [5.74, 6) is -0.265. The Morgan fingerprint density at radius 1 is 1.19 bits per heavy atom. The molecule has 0 fully saturated rings. The van der Waals surface area contributed by atoms with E-state index >= 15 is 0 Å². The van der Waals surface area contributed by atoms with Crippen LogP contribution in [0.25, 0.3) is 0 Å². The molecule has 0 aliphatic heterocycles. The fourth-order valence-electron chi connectivity index (χ4n) is 1.66. The smallest absolute Gasteiger partial charge is 0.335 e. The number of aromatic carboxylic acids is 1. The third-order valence-corrected chi connectivity index (χ3v) is 2.77. The standard InChI is InChI=1S/C13H15N5O3/c19-12(20)10-3-1-9(2-4-10)7-15-13(21)14-6-5-11-16-8-17-18-11/h1-4,8H,5-7H2,(H,19,20)(H2,14,15,21)(H,16,17,18). The molecule has 110 valence electrons. The van der Waals surface area contributed by atoms with Crippen LogP contribution in [0.15, 0.2) is 30.6 Å². The Bertz CT molecular complexity index is 595. The zero-order valence-corrected chi connectivity index (χ0v) is 11.2. The summed E-state index contributed by atoms with van der Waals surface area (Å²) >= 11 is 0. The Morgan fingerprint density at radius 3 is 2.57 bits per heavy atom. The second-order valence-corrected chi connectivity index (χ2v) is 4.29. The second kappa shape index (κ2) is 7.04. The van der Waals surface area contributed by atoms with Crippen LogP contribution >= 0.6 is 0 Å². The number of H-pyrrole nitrogens is 1. The molecular weight excluding hydrogens is 274 g/mol. The Morgan fingerprint density at radius 2 is 1.95 bits per heavy atom. The minimum atomic E-state index is -0.973. The highest BCUT2D eigenvalue weighted by atomic mass is 16.4. The van der Waals surface area contributed by atoms with Gasteiger partial charge in [0.15, 0.2) is 0 Å². The molecule has 21 heavy (non-hydrogen) atoms. The van der Waals surface area contributed by atoms with Gasteiger partial charge < -0.3 is 15.7 Å². The zero-order valence-electron chi connectivity index (χ0n) is 11.2. The van der Waals surface area contributed by atoms with E-state index in [9.17, 15) is 9.59 Å². The maximum Gasteiger partial charge on any atom is 0.335 e. The number of carboxylic acids is 1. The maximum absolute atomic E-state index is 11.6. The summed E-state index contributed by atoms with van der Waals surface area (Å²) in [6.07, 6.45) is 1.98. The lowest BCUT2D eigenvalue weighted by atomic mass is 10.1. The molecule has 0 atom stereocenters. The van der Waals surface area contributed by atoms with Crippen molar-refractivity contribution >= 4 is 12.0 Å². The third-order valence-electron chi connectivity index (χ3n) is 2.77. The molecule has 2 aromatic rings. The molecule has 8 nitrogen and oxygen atoms in total. The molecule has 0 aliphatic carbocycles. The molecule has 2 rings (SSSR count). The number of aromatic amines is 1. The first-order valence-corrected chi connectivity index (χ1v) is 6.33. The average molecular weight is 289 g/mol. The normalized spacial score (nSPS) is 10.1. The molecule has 1 aromatic heterocycles. The van der Waals surface area contributed by atoms with Crippen molar-refractivity contribution in [1.29, 1.82) is 0 Å². The average Bonchev–Trinajstić information content (AvgIpc) is 2.99. The summed E-state index contributed by atoms with van der Waals surface area (Å²) in [7, 11) is 0. The van der Waals surface area contributed by atoms with Crippen LogP contribution in [0.5, 0.6) is 0 Å². The minimum Gasteiger partial charge on any atom is -0.478 e. The molecule has 0 bridgehead atoms. The number of rotatable bonds is 6. The number of urea groups is 1. The van der Waals surface area contributed by atoms with Gasteiger partial charge in [0.1, 0.15) is 12.2 Å². The molecule has 0 radical (unpaired) electrons. The van der Waals surface area contributed by atoms with E-state index in [1.54, 1.807) is 12.1 Å². The van der Waals surface area contributed by atoms with Crippen molar-refractivity contribution < 1.29 is 14.7 Å². The van der Waals surface area contributed by atoms with Gasteiger partial charge in [-0.2, -0.15) is 5.10 Å². The number of hydrogen-bond donors (Lipinski definition) is 4. The zero-order chi connectivity index (χ0) is 15.1. The van der Waals surface area contributed by atoms with Gasteiger partial charge in [-0.15, -0.1) is 0 Å². The van der Waals surface area contributed by atoms with Crippen molar-refractivity contribution in [3.05, 3.63) is 47.5 Å². The van der Waals surface area contributed by atoms with Gasteiger partial charge in [0, 0.05) is 19.5 Å².